The third-order valence-corrected chi connectivity index (χ3v) is 4.59. The molecule has 0 bridgehead atoms. The molecule has 3 heterocycles. The quantitative estimate of drug-likeness (QED) is 0.889. The van der Waals surface area contributed by atoms with Crippen LogP contribution in [0.25, 0.3) is 0 Å². The molecule has 1 saturated heterocycles. The van der Waals surface area contributed by atoms with Crippen LogP contribution in [0.5, 0.6) is 0 Å². The summed E-state index contributed by atoms with van der Waals surface area (Å²) in [6.07, 6.45) is 4.85. The highest BCUT2D eigenvalue weighted by molar-refractivity contribution is 5.88. The molecule has 0 saturated carbocycles. The second kappa shape index (κ2) is 4.95. The van der Waals surface area contributed by atoms with Gasteiger partial charge in [-0.1, -0.05) is 18.2 Å². The number of carbonyl (C=O) groups is 1. The van der Waals surface area contributed by atoms with E-state index in [2.05, 4.69) is 28.5 Å². The van der Waals surface area contributed by atoms with Gasteiger partial charge in [-0.05, 0) is 36.6 Å². The van der Waals surface area contributed by atoms with E-state index in [-0.39, 0.29) is 18.0 Å². The molecule has 1 aromatic heterocycles. The Morgan fingerprint density at radius 3 is 2.90 bits per heavy atom. The first-order valence-electron chi connectivity index (χ1n) is 7.61. The number of aromatic amines is 1. The van der Waals surface area contributed by atoms with Crippen LogP contribution < -0.4 is 5.32 Å². The van der Waals surface area contributed by atoms with E-state index in [1.54, 1.807) is 0 Å². The first-order valence-corrected chi connectivity index (χ1v) is 7.61. The fourth-order valence-electron chi connectivity index (χ4n) is 3.55. The van der Waals surface area contributed by atoms with Gasteiger partial charge in [0, 0.05) is 30.5 Å². The van der Waals surface area contributed by atoms with Crippen molar-refractivity contribution in [3.63, 3.8) is 0 Å². The molecule has 1 fully saturated rings. The lowest BCUT2D eigenvalue weighted by Crippen LogP contribution is -2.41. The molecule has 2 aliphatic heterocycles. The third kappa shape index (κ3) is 2.11. The van der Waals surface area contributed by atoms with Gasteiger partial charge in [0.15, 0.2) is 0 Å². The molecular formula is C17H19N3O. The Bertz CT molecular complexity index is 625. The molecule has 2 unspecified atom stereocenters. The van der Waals surface area contributed by atoms with Crippen LogP contribution in [0.15, 0.2) is 42.6 Å². The normalized spacial score (nSPS) is 23.9. The summed E-state index contributed by atoms with van der Waals surface area (Å²) in [7, 11) is 0. The summed E-state index contributed by atoms with van der Waals surface area (Å²) in [4.78, 5) is 18.2. The van der Waals surface area contributed by atoms with Gasteiger partial charge in [-0.15, -0.1) is 0 Å². The lowest BCUT2D eigenvalue weighted by atomic mass is 10.1. The van der Waals surface area contributed by atoms with E-state index in [0.29, 0.717) is 0 Å². The van der Waals surface area contributed by atoms with Gasteiger partial charge in [-0.2, -0.15) is 0 Å². The summed E-state index contributed by atoms with van der Waals surface area (Å²) < 4.78 is 0. The van der Waals surface area contributed by atoms with Crippen LogP contribution >= 0.6 is 0 Å². The second-order valence-corrected chi connectivity index (χ2v) is 5.87. The van der Waals surface area contributed by atoms with Gasteiger partial charge in [0.1, 0.15) is 6.04 Å². The van der Waals surface area contributed by atoms with E-state index >= 15 is 0 Å². The van der Waals surface area contributed by atoms with Crippen molar-refractivity contribution >= 4 is 11.6 Å². The number of hydrogen-bond donors (Lipinski definition) is 2. The SMILES string of the molecule is O=C(C1Cc2ccccc2N1)N1CCCC1c1ccc[nH]1. The van der Waals surface area contributed by atoms with E-state index < -0.39 is 0 Å². The van der Waals surface area contributed by atoms with E-state index in [0.717, 1.165) is 37.2 Å². The third-order valence-electron chi connectivity index (χ3n) is 4.59. The zero-order valence-corrected chi connectivity index (χ0v) is 11.9. The van der Waals surface area contributed by atoms with E-state index in [4.69, 9.17) is 0 Å². The summed E-state index contributed by atoms with van der Waals surface area (Å²) in [6, 6.07) is 12.4. The molecule has 21 heavy (non-hydrogen) atoms. The predicted octanol–water partition coefficient (Wildman–Crippen LogP) is 2.72. The average molecular weight is 281 g/mol. The summed E-state index contributed by atoms with van der Waals surface area (Å²) >= 11 is 0. The number of anilines is 1. The molecular weight excluding hydrogens is 262 g/mol. The van der Waals surface area contributed by atoms with Gasteiger partial charge in [0.25, 0.3) is 0 Å². The van der Waals surface area contributed by atoms with Crippen molar-refractivity contribution in [1.29, 1.82) is 0 Å². The number of H-pyrrole nitrogens is 1. The fourth-order valence-corrected chi connectivity index (χ4v) is 3.55. The lowest BCUT2D eigenvalue weighted by Gasteiger charge is -2.27. The van der Waals surface area contributed by atoms with Crippen molar-refractivity contribution in [3.05, 3.63) is 53.9 Å². The molecule has 4 nitrogen and oxygen atoms in total. The summed E-state index contributed by atoms with van der Waals surface area (Å²) in [6.45, 7) is 0.858. The molecule has 2 aliphatic rings. The molecule has 0 spiro atoms. The maximum absolute atomic E-state index is 12.9. The standard InChI is InChI=1S/C17H19N3O/c21-17(15-11-12-5-1-2-6-13(12)19-15)20-10-4-8-16(20)14-7-3-9-18-14/h1-3,5-7,9,15-16,18-19H,4,8,10-11H2. The number of fused-ring (bicyclic) bond motifs is 1. The molecule has 0 radical (unpaired) electrons. The summed E-state index contributed by atoms with van der Waals surface area (Å²) in [5.41, 5.74) is 3.49. The van der Waals surface area contributed by atoms with Crippen molar-refractivity contribution in [2.24, 2.45) is 0 Å². The molecule has 1 aromatic carbocycles. The second-order valence-electron chi connectivity index (χ2n) is 5.87. The number of nitrogens with one attached hydrogen (secondary N) is 2. The summed E-state index contributed by atoms with van der Waals surface area (Å²) in [5, 5.41) is 3.38. The van der Waals surface area contributed by atoms with Gasteiger partial charge in [0.05, 0.1) is 6.04 Å². The first kappa shape index (κ1) is 12.5. The van der Waals surface area contributed by atoms with Crippen molar-refractivity contribution in [1.82, 2.24) is 9.88 Å². The fraction of sp³-hybridized carbons (Fsp3) is 0.353. The maximum Gasteiger partial charge on any atom is 0.245 e. The van der Waals surface area contributed by atoms with Crippen LogP contribution in [0, 0.1) is 0 Å². The lowest BCUT2D eigenvalue weighted by molar-refractivity contribution is -0.132. The Hall–Kier alpha value is -2.23. The molecule has 4 heteroatoms. The van der Waals surface area contributed by atoms with E-state index in [9.17, 15) is 4.79 Å². The van der Waals surface area contributed by atoms with E-state index in [1.807, 2.05) is 29.3 Å². The number of para-hydroxylation sites is 1. The zero-order valence-electron chi connectivity index (χ0n) is 11.9. The van der Waals surface area contributed by atoms with Crippen LogP contribution in [-0.4, -0.2) is 28.4 Å². The number of nitrogens with zero attached hydrogens (tertiary/aromatic N) is 1. The van der Waals surface area contributed by atoms with Crippen LogP contribution in [0.1, 0.15) is 30.1 Å². The van der Waals surface area contributed by atoms with Crippen LogP contribution in [0.2, 0.25) is 0 Å². The van der Waals surface area contributed by atoms with Crippen LogP contribution in [0.4, 0.5) is 5.69 Å². The smallest absolute Gasteiger partial charge is 0.245 e. The van der Waals surface area contributed by atoms with Crippen molar-refractivity contribution in [2.45, 2.75) is 31.3 Å². The monoisotopic (exact) mass is 281 g/mol. The Morgan fingerprint density at radius 2 is 2.10 bits per heavy atom. The molecule has 2 N–H and O–H groups in total. The molecule has 2 aromatic rings. The number of hydrogen-bond acceptors (Lipinski definition) is 2. The summed E-state index contributed by atoms with van der Waals surface area (Å²) in [5.74, 6) is 0.225. The molecule has 0 aliphatic carbocycles. The molecule has 4 rings (SSSR count). The minimum atomic E-state index is -0.113. The number of amides is 1. The number of aromatic nitrogens is 1. The minimum Gasteiger partial charge on any atom is -0.373 e. The molecule has 1 amide bonds. The van der Waals surface area contributed by atoms with Crippen molar-refractivity contribution in [2.75, 3.05) is 11.9 Å². The largest absolute Gasteiger partial charge is 0.373 e. The number of rotatable bonds is 2. The minimum absolute atomic E-state index is 0.113. The van der Waals surface area contributed by atoms with Crippen molar-refractivity contribution < 1.29 is 4.79 Å². The van der Waals surface area contributed by atoms with Gasteiger partial charge in [0.2, 0.25) is 5.91 Å². The van der Waals surface area contributed by atoms with Crippen molar-refractivity contribution in [3.8, 4) is 0 Å². The number of carbonyl (C=O) groups excluding carboxylic acids is 1. The molecule has 2 atom stereocenters. The number of benzene rings is 1. The highest BCUT2D eigenvalue weighted by Gasteiger charge is 2.36. The zero-order chi connectivity index (χ0) is 14.2. The van der Waals surface area contributed by atoms with Crippen LogP contribution in [-0.2, 0) is 11.2 Å². The van der Waals surface area contributed by atoms with Gasteiger partial charge >= 0.3 is 0 Å². The Morgan fingerprint density at radius 1 is 1.19 bits per heavy atom. The van der Waals surface area contributed by atoms with Gasteiger partial charge in [-0.25, -0.2) is 0 Å². The first-order chi connectivity index (χ1) is 10.3. The Kier molecular flexibility index (Phi) is 2.95. The van der Waals surface area contributed by atoms with E-state index in [1.165, 1.54) is 5.56 Å². The predicted molar refractivity (Wildman–Crippen MR) is 82.0 cm³/mol. The van der Waals surface area contributed by atoms with Gasteiger partial charge in [-0.3, -0.25) is 4.79 Å². The maximum atomic E-state index is 12.9. The van der Waals surface area contributed by atoms with Crippen LogP contribution in [0.3, 0.4) is 0 Å². The van der Waals surface area contributed by atoms with Gasteiger partial charge < -0.3 is 15.2 Å². The average Bonchev–Trinajstić information content (AvgIpc) is 3.23. The highest BCUT2D eigenvalue weighted by atomic mass is 16.2. The Balaban J connectivity index is 1.53. The topological polar surface area (TPSA) is 48.1 Å². The Labute approximate surface area is 124 Å². The highest BCUT2D eigenvalue weighted by Crippen LogP contribution is 2.33. The molecule has 108 valence electrons. The number of likely N-dealkylation sites (tertiary alicyclic amines) is 1.